The highest BCUT2D eigenvalue weighted by atomic mass is 16.5. The van der Waals surface area contributed by atoms with Crippen molar-refractivity contribution >= 4 is 11.0 Å². The molecule has 34 heavy (non-hydrogen) atoms. The molecule has 0 amide bonds. The van der Waals surface area contributed by atoms with E-state index in [0.717, 1.165) is 51.3 Å². The molecular formula is C30H43N3O. The molecule has 1 fully saturated rings. The van der Waals surface area contributed by atoms with Crippen LogP contribution in [-0.2, 0) is 23.1 Å². The molecule has 0 bridgehead atoms. The van der Waals surface area contributed by atoms with E-state index in [-0.39, 0.29) is 5.41 Å². The molecule has 0 atom stereocenters. The lowest BCUT2D eigenvalue weighted by Crippen LogP contribution is -2.35. The topological polar surface area (TPSA) is 30.3 Å². The van der Waals surface area contributed by atoms with Crippen molar-refractivity contribution in [2.24, 2.45) is 0 Å². The molecule has 3 aromatic rings. The van der Waals surface area contributed by atoms with E-state index in [1.54, 1.807) is 0 Å². The van der Waals surface area contributed by atoms with Crippen LogP contribution < -0.4 is 0 Å². The summed E-state index contributed by atoms with van der Waals surface area (Å²) in [6.07, 6.45) is 5.96. The number of ether oxygens (including phenoxy) is 1. The smallest absolute Gasteiger partial charge is 0.113 e. The lowest BCUT2D eigenvalue weighted by molar-refractivity contribution is 0.138. The fourth-order valence-corrected chi connectivity index (χ4v) is 5.53. The molecule has 1 aromatic heterocycles. The number of hydrogen-bond donors (Lipinski definition) is 0. The summed E-state index contributed by atoms with van der Waals surface area (Å²) in [5.41, 5.74) is 5.54. The summed E-state index contributed by atoms with van der Waals surface area (Å²) >= 11 is 0. The lowest BCUT2D eigenvalue weighted by Gasteiger charge is -2.32. The minimum atomic E-state index is 0.272. The number of piperidine rings is 1. The maximum atomic E-state index is 5.67. The zero-order valence-corrected chi connectivity index (χ0v) is 21.7. The van der Waals surface area contributed by atoms with Gasteiger partial charge in [0.1, 0.15) is 5.82 Å². The molecule has 0 aliphatic carbocycles. The van der Waals surface area contributed by atoms with E-state index in [0.29, 0.717) is 5.92 Å². The molecular weight excluding hydrogens is 418 g/mol. The van der Waals surface area contributed by atoms with Gasteiger partial charge < -0.3 is 14.2 Å². The summed E-state index contributed by atoms with van der Waals surface area (Å²) < 4.78 is 8.08. The first-order valence-electron chi connectivity index (χ1n) is 13.4. The third-order valence-corrected chi connectivity index (χ3v) is 7.63. The Kier molecular flexibility index (Phi) is 8.44. The Balaban J connectivity index is 1.33. The molecule has 4 heteroatoms. The fraction of sp³-hybridized carbons (Fsp3) is 0.567. The van der Waals surface area contributed by atoms with Crippen LogP contribution in [0.15, 0.2) is 48.5 Å². The SMILES string of the molecule is CCCC(C)(C)c1ccc(CCN2CCC(c3nc4ccccc4n3CCOCC)CC2)cc1. The zero-order chi connectivity index (χ0) is 24.0. The van der Waals surface area contributed by atoms with Crippen molar-refractivity contribution in [3.8, 4) is 0 Å². The third kappa shape index (κ3) is 5.90. The minimum absolute atomic E-state index is 0.272. The number of fused-ring (bicyclic) bond motifs is 1. The Morgan fingerprint density at radius 3 is 2.41 bits per heavy atom. The van der Waals surface area contributed by atoms with Gasteiger partial charge in [0.2, 0.25) is 0 Å². The van der Waals surface area contributed by atoms with Gasteiger partial charge >= 0.3 is 0 Å². The van der Waals surface area contributed by atoms with Gasteiger partial charge in [0.05, 0.1) is 17.6 Å². The summed E-state index contributed by atoms with van der Waals surface area (Å²) in [5, 5.41) is 0. The number of para-hydroxylation sites is 2. The Morgan fingerprint density at radius 2 is 1.71 bits per heavy atom. The van der Waals surface area contributed by atoms with E-state index in [1.165, 1.54) is 48.2 Å². The molecule has 0 unspecified atom stereocenters. The van der Waals surface area contributed by atoms with E-state index < -0.39 is 0 Å². The summed E-state index contributed by atoms with van der Waals surface area (Å²) in [4.78, 5) is 7.70. The molecule has 4 rings (SSSR count). The van der Waals surface area contributed by atoms with Gasteiger partial charge in [-0.15, -0.1) is 0 Å². The van der Waals surface area contributed by atoms with Gasteiger partial charge in [-0.1, -0.05) is 63.6 Å². The van der Waals surface area contributed by atoms with Crippen molar-refractivity contribution in [3.63, 3.8) is 0 Å². The van der Waals surface area contributed by atoms with Crippen molar-refractivity contribution in [3.05, 3.63) is 65.5 Å². The summed E-state index contributed by atoms with van der Waals surface area (Å²) in [5.74, 6) is 1.79. The van der Waals surface area contributed by atoms with Gasteiger partial charge in [-0.3, -0.25) is 0 Å². The van der Waals surface area contributed by atoms with Crippen molar-refractivity contribution in [1.29, 1.82) is 0 Å². The number of nitrogens with zero attached hydrogens (tertiary/aromatic N) is 3. The number of imidazole rings is 1. The quantitative estimate of drug-likeness (QED) is 0.302. The monoisotopic (exact) mass is 461 g/mol. The number of rotatable bonds is 11. The van der Waals surface area contributed by atoms with E-state index in [4.69, 9.17) is 9.72 Å². The number of likely N-dealkylation sites (tertiary alicyclic amines) is 1. The van der Waals surface area contributed by atoms with Crippen LogP contribution in [0.3, 0.4) is 0 Å². The van der Waals surface area contributed by atoms with Gasteiger partial charge in [0.15, 0.2) is 0 Å². The van der Waals surface area contributed by atoms with Crippen LogP contribution in [0.2, 0.25) is 0 Å². The average Bonchev–Trinajstić information content (AvgIpc) is 3.22. The number of aromatic nitrogens is 2. The maximum absolute atomic E-state index is 5.67. The van der Waals surface area contributed by atoms with Crippen molar-refractivity contribution in [1.82, 2.24) is 14.5 Å². The molecule has 1 saturated heterocycles. The number of hydrogen-bond acceptors (Lipinski definition) is 3. The van der Waals surface area contributed by atoms with Crippen molar-refractivity contribution in [2.75, 3.05) is 32.8 Å². The Labute approximate surface area is 206 Å². The summed E-state index contributed by atoms with van der Waals surface area (Å²) in [6, 6.07) is 17.9. The lowest BCUT2D eigenvalue weighted by atomic mass is 9.80. The summed E-state index contributed by atoms with van der Waals surface area (Å²) in [7, 11) is 0. The van der Waals surface area contributed by atoms with Crippen molar-refractivity contribution < 1.29 is 4.74 Å². The second-order valence-corrected chi connectivity index (χ2v) is 10.5. The van der Waals surface area contributed by atoms with Crippen LogP contribution in [0.5, 0.6) is 0 Å². The summed E-state index contributed by atoms with van der Waals surface area (Å²) in [6.45, 7) is 14.9. The Hall–Kier alpha value is -2.17. The Morgan fingerprint density at radius 1 is 0.971 bits per heavy atom. The van der Waals surface area contributed by atoms with Crippen molar-refractivity contribution in [2.45, 2.75) is 77.7 Å². The molecule has 1 aliphatic rings. The van der Waals surface area contributed by atoms with E-state index in [9.17, 15) is 0 Å². The fourth-order valence-electron chi connectivity index (χ4n) is 5.53. The predicted octanol–water partition coefficient (Wildman–Crippen LogP) is 6.57. The molecule has 4 nitrogen and oxygen atoms in total. The second kappa shape index (κ2) is 11.5. The highest BCUT2D eigenvalue weighted by molar-refractivity contribution is 5.76. The maximum Gasteiger partial charge on any atom is 0.113 e. The normalized spacial score (nSPS) is 15.9. The van der Waals surface area contributed by atoms with E-state index in [1.807, 2.05) is 0 Å². The first kappa shape index (κ1) is 24.9. The predicted molar refractivity (Wildman–Crippen MR) is 143 cm³/mol. The molecule has 1 aliphatic heterocycles. The van der Waals surface area contributed by atoms with Gasteiger partial charge in [-0.25, -0.2) is 4.98 Å². The molecule has 2 heterocycles. The van der Waals surface area contributed by atoms with Gasteiger partial charge in [0.25, 0.3) is 0 Å². The van der Waals surface area contributed by atoms with Crippen LogP contribution in [0, 0.1) is 0 Å². The van der Waals surface area contributed by atoms with E-state index in [2.05, 4.69) is 85.7 Å². The standard InChI is InChI=1S/C30H43N3O/c1-5-18-30(3,4)26-13-11-24(12-14-26)15-19-32-20-16-25(17-21-32)29-31-27-9-7-8-10-28(27)33(29)22-23-34-6-2/h7-14,25H,5-6,15-23H2,1-4H3. The zero-order valence-electron chi connectivity index (χ0n) is 21.7. The molecule has 184 valence electrons. The highest BCUT2D eigenvalue weighted by Crippen LogP contribution is 2.31. The average molecular weight is 462 g/mol. The van der Waals surface area contributed by atoms with Crippen LogP contribution >= 0.6 is 0 Å². The highest BCUT2D eigenvalue weighted by Gasteiger charge is 2.25. The van der Waals surface area contributed by atoms with E-state index >= 15 is 0 Å². The van der Waals surface area contributed by atoms with Gasteiger partial charge in [-0.05, 0) is 74.4 Å². The van der Waals surface area contributed by atoms with Crippen LogP contribution in [0.1, 0.15) is 76.2 Å². The third-order valence-electron chi connectivity index (χ3n) is 7.63. The van der Waals surface area contributed by atoms with Crippen LogP contribution in [0.25, 0.3) is 11.0 Å². The minimum Gasteiger partial charge on any atom is -0.380 e. The molecule has 0 saturated carbocycles. The molecule has 2 aromatic carbocycles. The Bertz CT molecular complexity index is 1030. The molecule has 0 N–H and O–H groups in total. The molecule has 0 radical (unpaired) electrons. The second-order valence-electron chi connectivity index (χ2n) is 10.5. The molecule has 0 spiro atoms. The van der Waals surface area contributed by atoms with Crippen LogP contribution in [-0.4, -0.2) is 47.3 Å². The first-order chi connectivity index (χ1) is 16.5. The first-order valence-corrected chi connectivity index (χ1v) is 13.4. The van der Waals surface area contributed by atoms with Gasteiger partial charge in [0, 0.05) is 25.6 Å². The number of benzene rings is 2. The largest absolute Gasteiger partial charge is 0.380 e. The van der Waals surface area contributed by atoms with Crippen LogP contribution in [0.4, 0.5) is 0 Å². The van der Waals surface area contributed by atoms with Gasteiger partial charge in [-0.2, -0.15) is 0 Å².